The first kappa shape index (κ1) is 17.3. The molecule has 0 atom stereocenters. The second-order valence-corrected chi connectivity index (χ2v) is 5.04. The van der Waals surface area contributed by atoms with Crippen molar-refractivity contribution in [1.82, 2.24) is 5.32 Å². The second-order valence-electron chi connectivity index (χ2n) is 5.04. The molecule has 0 aromatic heterocycles. The largest absolute Gasteiger partial charge is 0.484 e. The topological polar surface area (TPSA) is 50.4 Å². The number of likely N-dealkylation sites (N-methyl/N-ethyl adjacent to an activating group) is 1. The van der Waals surface area contributed by atoms with Crippen molar-refractivity contribution in [3.63, 3.8) is 0 Å². The molecule has 7 heteroatoms. The van der Waals surface area contributed by atoms with Gasteiger partial charge in [0.1, 0.15) is 5.75 Å². The molecule has 1 aromatic carbocycles. The van der Waals surface area contributed by atoms with Crippen molar-refractivity contribution in [3.8, 4) is 5.75 Å². The average molecular weight is 304 g/mol. The number of amides is 1. The van der Waals surface area contributed by atoms with Gasteiger partial charge in [-0.3, -0.25) is 4.79 Å². The monoisotopic (exact) mass is 304 g/mol. The molecule has 118 valence electrons. The fraction of sp³-hybridized carbons (Fsp3) is 0.500. The van der Waals surface area contributed by atoms with Crippen LogP contribution in [-0.4, -0.2) is 30.8 Å². The summed E-state index contributed by atoms with van der Waals surface area (Å²) in [6.45, 7) is 4.68. The van der Waals surface area contributed by atoms with E-state index in [9.17, 15) is 18.0 Å². The molecule has 21 heavy (non-hydrogen) atoms. The maximum atomic E-state index is 12.0. The Kier molecular flexibility index (Phi) is 5.60. The van der Waals surface area contributed by atoms with E-state index >= 15 is 0 Å². The highest BCUT2D eigenvalue weighted by atomic mass is 19.4. The van der Waals surface area contributed by atoms with Crippen molar-refractivity contribution in [2.24, 2.45) is 0 Å². The molecule has 0 aliphatic carbocycles. The Morgan fingerprint density at radius 3 is 2.24 bits per heavy atom. The molecule has 0 saturated carbocycles. The minimum atomic E-state index is -4.37. The number of ether oxygens (including phenoxy) is 1. The van der Waals surface area contributed by atoms with E-state index in [2.05, 4.69) is 15.4 Å². The Hall–Kier alpha value is -1.76. The van der Waals surface area contributed by atoms with Gasteiger partial charge in [-0.15, -0.1) is 0 Å². The summed E-state index contributed by atoms with van der Waals surface area (Å²) in [6.07, 6.45) is -4.37. The van der Waals surface area contributed by atoms with Crippen LogP contribution in [0.25, 0.3) is 0 Å². The van der Waals surface area contributed by atoms with Crippen LogP contribution in [0.1, 0.15) is 20.8 Å². The Morgan fingerprint density at radius 2 is 1.76 bits per heavy atom. The lowest BCUT2D eigenvalue weighted by Gasteiger charge is -2.24. The standard InChI is InChI=1S/C14H19F3N2O2/c1-4-18-13(2,3)12(20)19-10-5-7-11(8-6-10)21-9-14(15,16)17/h5-8,18H,4,9H2,1-3H3,(H,19,20). The number of hydrogen-bond acceptors (Lipinski definition) is 3. The SMILES string of the molecule is CCNC(C)(C)C(=O)Nc1ccc(OCC(F)(F)F)cc1. The zero-order valence-electron chi connectivity index (χ0n) is 12.2. The summed E-state index contributed by atoms with van der Waals surface area (Å²) in [7, 11) is 0. The maximum Gasteiger partial charge on any atom is 0.422 e. The normalized spacial score (nSPS) is 12.1. The predicted octanol–water partition coefficient (Wildman–Crippen LogP) is 2.95. The summed E-state index contributed by atoms with van der Waals surface area (Å²) in [6, 6.07) is 5.74. The zero-order valence-corrected chi connectivity index (χ0v) is 12.2. The van der Waals surface area contributed by atoms with Crippen molar-refractivity contribution >= 4 is 11.6 Å². The second kappa shape index (κ2) is 6.80. The Morgan fingerprint density at radius 1 is 1.19 bits per heavy atom. The van der Waals surface area contributed by atoms with Gasteiger partial charge in [0.05, 0.1) is 5.54 Å². The molecule has 0 aliphatic rings. The summed E-state index contributed by atoms with van der Waals surface area (Å²) in [5, 5.41) is 5.72. The molecule has 0 radical (unpaired) electrons. The van der Waals surface area contributed by atoms with Gasteiger partial charge in [0, 0.05) is 5.69 Å². The number of hydrogen-bond donors (Lipinski definition) is 2. The van der Waals surface area contributed by atoms with Crippen LogP contribution < -0.4 is 15.4 Å². The van der Waals surface area contributed by atoms with E-state index in [1.54, 1.807) is 13.8 Å². The lowest BCUT2D eigenvalue weighted by atomic mass is 10.0. The molecule has 1 aromatic rings. The summed E-state index contributed by atoms with van der Waals surface area (Å²) in [5.41, 5.74) is -0.245. The minimum absolute atomic E-state index is 0.0938. The van der Waals surface area contributed by atoms with Crippen molar-refractivity contribution in [2.45, 2.75) is 32.5 Å². The molecule has 1 amide bonds. The number of carbonyl (C=O) groups excluding carboxylic acids is 1. The fourth-order valence-electron chi connectivity index (χ4n) is 1.61. The van der Waals surface area contributed by atoms with E-state index in [1.165, 1.54) is 24.3 Å². The average Bonchev–Trinajstić information content (AvgIpc) is 2.37. The number of rotatable bonds is 6. The van der Waals surface area contributed by atoms with Gasteiger partial charge in [-0.05, 0) is 44.7 Å². The summed E-state index contributed by atoms with van der Waals surface area (Å²) >= 11 is 0. The van der Waals surface area contributed by atoms with E-state index in [4.69, 9.17) is 0 Å². The lowest BCUT2D eigenvalue weighted by Crippen LogP contribution is -2.49. The van der Waals surface area contributed by atoms with Crippen LogP contribution in [0.3, 0.4) is 0 Å². The number of benzene rings is 1. The van der Waals surface area contributed by atoms with Crippen LogP contribution in [0.15, 0.2) is 24.3 Å². The number of alkyl halides is 3. The van der Waals surface area contributed by atoms with Crippen LogP contribution in [-0.2, 0) is 4.79 Å². The van der Waals surface area contributed by atoms with Gasteiger partial charge in [-0.2, -0.15) is 13.2 Å². The highest BCUT2D eigenvalue weighted by Gasteiger charge is 2.28. The molecular formula is C14H19F3N2O2. The molecule has 0 aliphatic heterocycles. The number of carbonyl (C=O) groups is 1. The maximum absolute atomic E-state index is 12.0. The summed E-state index contributed by atoms with van der Waals surface area (Å²) in [5.74, 6) is -0.135. The number of nitrogens with one attached hydrogen (secondary N) is 2. The molecule has 1 rings (SSSR count). The minimum Gasteiger partial charge on any atom is -0.484 e. The van der Waals surface area contributed by atoms with Crippen LogP contribution in [0, 0.1) is 0 Å². The molecule has 0 unspecified atom stereocenters. The fourth-order valence-corrected chi connectivity index (χ4v) is 1.61. The van der Waals surface area contributed by atoms with Gasteiger partial charge in [-0.1, -0.05) is 6.92 Å². The van der Waals surface area contributed by atoms with Crippen LogP contribution in [0.5, 0.6) is 5.75 Å². The van der Waals surface area contributed by atoms with Gasteiger partial charge in [0.25, 0.3) is 0 Å². The number of anilines is 1. The van der Waals surface area contributed by atoms with E-state index in [0.717, 1.165) is 0 Å². The van der Waals surface area contributed by atoms with Gasteiger partial charge in [-0.25, -0.2) is 0 Å². The molecular weight excluding hydrogens is 285 g/mol. The lowest BCUT2D eigenvalue weighted by molar-refractivity contribution is -0.153. The molecule has 0 fully saturated rings. The van der Waals surface area contributed by atoms with Crippen LogP contribution >= 0.6 is 0 Å². The van der Waals surface area contributed by atoms with Crippen molar-refractivity contribution in [1.29, 1.82) is 0 Å². The van der Waals surface area contributed by atoms with Gasteiger partial charge in [0.15, 0.2) is 6.61 Å². The van der Waals surface area contributed by atoms with Gasteiger partial charge >= 0.3 is 6.18 Å². The third kappa shape index (κ3) is 6.03. The molecule has 0 spiro atoms. The van der Waals surface area contributed by atoms with Crippen molar-refractivity contribution in [2.75, 3.05) is 18.5 Å². The Balaban J connectivity index is 2.61. The quantitative estimate of drug-likeness (QED) is 0.849. The van der Waals surface area contributed by atoms with E-state index in [0.29, 0.717) is 12.2 Å². The summed E-state index contributed by atoms with van der Waals surface area (Å²) in [4.78, 5) is 12.0. The smallest absolute Gasteiger partial charge is 0.422 e. The van der Waals surface area contributed by atoms with E-state index in [1.807, 2.05) is 6.92 Å². The van der Waals surface area contributed by atoms with Crippen molar-refractivity contribution in [3.05, 3.63) is 24.3 Å². The third-order valence-corrected chi connectivity index (χ3v) is 2.70. The molecule has 0 saturated heterocycles. The first-order valence-electron chi connectivity index (χ1n) is 6.50. The molecule has 0 heterocycles. The first-order valence-corrected chi connectivity index (χ1v) is 6.50. The highest BCUT2D eigenvalue weighted by molar-refractivity contribution is 5.97. The van der Waals surface area contributed by atoms with E-state index < -0.39 is 18.3 Å². The number of halogens is 3. The van der Waals surface area contributed by atoms with Crippen molar-refractivity contribution < 1.29 is 22.7 Å². The third-order valence-electron chi connectivity index (χ3n) is 2.70. The van der Waals surface area contributed by atoms with Crippen LogP contribution in [0.4, 0.5) is 18.9 Å². The van der Waals surface area contributed by atoms with Crippen LogP contribution in [0.2, 0.25) is 0 Å². The summed E-state index contributed by atoms with van der Waals surface area (Å²) < 4.78 is 40.6. The Labute approximate surface area is 121 Å². The highest BCUT2D eigenvalue weighted by Crippen LogP contribution is 2.20. The van der Waals surface area contributed by atoms with Gasteiger partial charge < -0.3 is 15.4 Å². The zero-order chi connectivity index (χ0) is 16.1. The first-order chi connectivity index (χ1) is 9.64. The van der Waals surface area contributed by atoms with E-state index in [-0.39, 0.29) is 11.7 Å². The molecule has 4 nitrogen and oxygen atoms in total. The molecule has 0 bridgehead atoms. The molecule has 2 N–H and O–H groups in total. The Bertz CT molecular complexity index is 470. The van der Waals surface area contributed by atoms with Gasteiger partial charge in [0.2, 0.25) is 5.91 Å². The predicted molar refractivity (Wildman–Crippen MR) is 74.4 cm³/mol.